The summed E-state index contributed by atoms with van der Waals surface area (Å²) in [5.74, 6) is 0. The Labute approximate surface area is 59.0 Å². The van der Waals surface area contributed by atoms with Crippen molar-refractivity contribution in [2.45, 2.75) is 0 Å². The van der Waals surface area contributed by atoms with E-state index in [4.69, 9.17) is 5.11 Å². The van der Waals surface area contributed by atoms with Crippen molar-refractivity contribution in [2.24, 2.45) is 0 Å². The van der Waals surface area contributed by atoms with Crippen molar-refractivity contribution >= 4 is 30.0 Å². The molecule has 0 heterocycles. The summed E-state index contributed by atoms with van der Waals surface area (Å²) in [7, 11) is 0. The molecule has 0 aromatic rings. The Bertz CT molecular complexity index is 98.6. The second kappa shape index (κ2) is 3.74. The Kier molecular flexibility index (Phi) is 3.64. The Hall–Kier alpha value is -0.220. The summed E-state index contributed by atoms with van der Waals surface area (Å²) in [5, 5.41) is 10.6. The SMILES string of the molecule is C=C(S)CNC(O)=S. The molecule has 0 unspecified atom stereocenters. The lowest BCUT2D eigenvalue weighted by Gasteiger charge is -1.97. The molecule has 0 aliphatic rings. The van der Waals surface area contributed by atoms with E-state index in [1.54, 1.807) is 0 Å². The van der Waals surface area contributed by atoms with Crippen LogP contribution in [0.1, 0.15) is 0 Å². The summed E-state index contributed by atoms with van der Waals surface area (Å²) in [6.07, 6.45) is 0. The number of aliphatic hydroxyl groups is 1. The molecular formula is C4H7NOS2. The third-order valence-corrected chi connectivity index (χ3v) is 0.746. The fourth-order valence-electron chi connectivity index (χ4n) is 0.178. The van der Waals surface area contributed by atoms with Crippen LogP contribution in [0.3, 0.4) is 0 Å². The van der Waals surface area contributed by atoms with Crippen molar-refractivity contribution in [1.29, 1.82) is 0 Å². The largest absolute Gasteiger partial charge is 0.487 e. The lowest BCUT2D eigenvalue weighted by molar-refractivity contribution is 0.537. The van der Waals surface area contributed by atoms with Crippen LogP contribution in [0.5, 0.6) is 0 Å². The minimum absolute atomic E-state index is 0.222. The minimum Gasteiger partial charge on any atom is -0.487 e. The van der Waals surface area contributed by atoms with Crippen LogP contribution in [0.4, 0.5) is 0 Å². The summed E-state index contributed by atoms with van der Waals surface area (Å²) in [5.41, 5.74) is 0. The fraction of sp³-hybridized carbons (Fsp3) is 0.250. The Balaban J connectivity index is 3.18. The lowest BCUT2D eigenvalue weighted by atomic mass is 10.6. The van der Waals surface area contributed by atoms with E-state index in [9.17, 15) is 0 Å². The maximum Gasteiger partial charge on any atom is 0.254 e. The summed E-state index contributed by atoms with van der Waals surface area (Å²) >= 11 is 8.13. The molecule has 0 saturated carbocycles. The molecule has 0 fully saturated rings. The molecule has 46 valence electrons. The van der Waals surface area contributed by atoms with Gasteiger partial charge in [-0.2, -0.15) is 0 Å². The molecule has 0 aliphatic carbocycles. The smallest absolute Gasteiger partial charge is 0.254 e. The molecule has 0 aliphatic heterocycles. The molecule has 2 nitrogen and oxygen atoms in total. The summed E-state index contributed by atoms with van der Waals surface area (Å²) < 4.78 is 0. The number of thiocarbonyl (C=S) groups is 1. The van der Waals surface area contributed by atoms with Crippen LogP contribution in [-0.2, 0) is 0 Å². The number of aliphatic hydroxyl groups excluding tert-OH is 1. The molecule has 0 aromatic carbocycles. The van der Waals surface area contributed by atoms with E-state index in [0.29, 0.717) is 11.4 Å². The van der Waals surface area contributed by atoms with Crippen molar-refractivity contribution in [3.8, 4) is 0 Å². The predicted molar refractivity (Wildman–Crippen MR) is 41.4 cm³/mol. The highest BCUT2D eigenvalue weighted by Gasteiger charge is 1.86. The molecule has 0 atom stereocenters. The topological polar surface area (TPSA) is 32.3 Å². The van der Waals surface area contributed by atoms with Crippen LogP contribution < -0.4 is 5.32 Å². The zero-order chi connectivity index (χ0) is 6.57. The number of hydrogen-bond donors (Lipinski definition) is 3. The highest BCUT2D eigenvalue weighted by molar-refractivity contribution is 7.84. The fourth-order valence-corrected chi connectivity index (χ4v) is 0.329. The summed E-state index contributed by atoms with van der Waals surface area (Å²) in [4.78, 5) is 0.640. The van der Waals surface area contributed by atoms with Gasteiger partial charge in [0.1, 0.15) is 0 Å². The van der Waals surface area contributed by atoms with E-state index in [1.807, 2.05) is 0 Å². The van der Waals surface area contributed by atoms with Crippen molar-refractivity contribution in [3.05, 3.63) is 11.5 Å². The molecule has 0 saturated heterocycles. The first-order valence-electron chi connectivity index (χ1n) is 1.96. The van der Waals surface area contributed by atoms with Gasteiger partial charge in [0.05, 0.1) is 0 Å². The molecule has 0 bridgehead atoms. The first-order chi connectivity index (χ1) is 3.63. The number of hydrogen-bond acceptors (Lipinski definition) is 2. The van der Waals surface area contributed by atoms with Crippen LogP contribution >= 0.6 is 24.8 Å². The van der Waals surface area contributed by atoms with Gasteiger partial charge in [0.15, 0.2) is 0 Å². The zero-order valence-corrected chi connectivity index (χ0v) is 5.93. The van der Waals surface area contributed by atoms with Gasteiger partial charge < -0.3 is 10.4 Å². The molecule has 0 amide bonds. The molecule has 0 radical (unpaired) electrons. The molecule has 2 N–H and O–H groups in total. The minimum atomic E-state index is -0.222. The van der Waals surface area contributed by atoms with E-state index >= 15 is 0 Å². The van der Waals surface area contributed by atoms with E-state index in [-0.39, 0.29) is 5.17 Å². The van der Waals surface area contributed by atoms with Crippen molar-refractivity contribution in [3.63, 3.8) is 0 Å². The molecule has 0 spiro atoms. The van der Waals surface area contributed by atoms with Gasteiger partial charge in [0, 0.05) is 6.54 Å². The van der Waals surface area contributed by atoms with Crippen LogP contribution in [0.25, 0.3) is 0 Å². The second-order valence-electron chi connectivity index (χ2n) is 1.22. The van der Waals surface area contributed by atoms with E-state index in [1.165, 1.54) is 0 Å². The second-order valence-corrected chi connectivity index (χ2v) is 2.24. The number of rotatable bonds is 2. The quantitative estimate of drug-likeness (QED) is 0.402. The number of thiol groups is 1. The third-order valence-electron chi connectivity index (χ3n) is 0.444. The lowest BCUT2D eigenvalue weighted by Crippen LogP contribution is -2.21. The Morgan fingerprint density at radius 2 is 2.38 bits per heavy atom. The molecule has 0 aromatic heterocycles. The van der Waals surface area contributed by atoms with Crippen molar-refractivity contribution in [2.75, 3.05) is 6.54 Å². The average molecular weight is 149 g/mol. The van der Waals surface area contributed by atoms with Crippen molar-refractivity contribution < 1.29 is 5.11 Å². The molecule has 0 rings (SSSR count). The maximum atomic E-state index is 8.35. The number of nitrogens with one attached hydrogen (secondary N) is 1. The molecular weight excluding hydrogens is 142 g/mol. The Morgan fingerprint density at radius 1 is 1.88 bits per heavy atom. The van der Waals surface area contributed by atoms with Gasteiger partial charge in [0.25, 0.3) is 5.17 Å². The van der Waals surface area contributed by atoms with Gasteiger partial charge >= 0.3 is 0 Å². The van der Waals surface area contributed by atoms with Crippen LogP contribution in [0, 0.1) is 0 Å². The van der Waals surface area contributed by atoms with E-state index in [2.05, 4.69) is 36.7 Å². The van der Waals surface area contributed by atoms with E-state index < -0.39 is 0 Å². The predicted octanol–water partition coefficient (Wildman–Crippen LogP) is 0.862. The van der Waals surface area contributed by atoms with Crippen LogP contribution in [0.15, 0.2) is 11.5 Å². The molecule has 8 heavy (non-hydrogen) atoms. The van der Waals surface area contributed by atoms with Gasteiger partial charge in [-0.15, -0.1) is 12.6 Å². The highest BCUT2D eigenvalue weighted by atomic mass is 32.1. The molecule has 4 heteroatoms. The van der Waals surface area contributed by atoms with Crippen LogP contribution in [0.2, 0.25) is 0 Å². The average Bonchev–Trinajstić information content (AvgIpc) is 1.61. The zero-order valence-electron chi connectivity index (χ0n) is 4.22. The monoisotopic (exact) mass is 149 g/mol. The summed E-state index contributed by atoms with van der Waals surface area (Å²) in [6, 6.07) is 0. The van der Waals surface area contributed by atoms with Crippen molar-refractivity contribution in [1.82, 2.24) is 5.32 Å². The van der Waals surface area contributed by atoms with Gasteiger partial charge in [-0.25, -0.2) is 0 Å². The van der Waals surface area contributed by atoms with E-state index in [0.717, 1.165) is 0 Å². The van der Waals surface area contributed by atoms with Gasteiger partial charge in [-0.1, -0.05) is 6.58 Å². The third kappa shape index (κ3) is 5.78. The first-order valence-corrected chi connectivity index (χ1v) is 2.82. The van der Waals surface area contributed by atoms with Gasteiger partial charge in [-0.05, 0) is 17.1 Å². The Morgan fingerprint density at radius 3 is 2.50 bits per heavy atom. The first kappa shape index (κ1) is 7.78. The van der Waals surface area contributed by atoms with Gasteiger partial charge in [-0.3, -0.25) is 0 Å². The standard InChI is InChI=1S/C4H7NOS2/c1-3(7)2-5-4(6)8/h7H,1-2H2,(H2,5,6,8). The normalized spacial score (nSPS) is 8.12. The maximum absolute atomic E-state index is 8.35. The van der Waals surface area contributed by atoms with Gasteiger partial charge in [0.2, 0.25) is 0 Å². The van der Waals surface area contributed by atoms with Crippen LogP contribution in [-0.4, -0.2) is 16.8 Å². The summed E-state index contributed by atoms with van der Waals surface area (Å²) in [6.45, 7) is 3.87. The highest BCUT2D eigenvalue weighted by Crippen LogP contribution is 1.89.